The van der Waals surface area contributed by atoms with E-state index in [0.717, 1.165) is 5.69 Å². The molecule has 0 aliphatic heterocycles. The summed E-state index contributed by atoms with van der Waals surface area (Å²) in [7, 11) is 0. The second kappa shape index (κ2) is 6.08. The van der Waals surface area contributed by atoms with Gasteiger partial charge in [0.2, 0.25) is 12.2 Å². The van der Waals surface area contributed by atoms with Crippen LogP contribution < -0.4 is 10.6 Å². The van der Waals surface area contributed by atoms with E-state index >= 15 is 0 Å². The van der Waals surface area contributed by atoms with Crippen LogP contribution in [0.25, 0.3) is 0 Å². The molecule has 0 saturated carbocycles. The number of rotatable bonds is 2. The summed E-state index contributed by atoms with van der Waals surface area (Å²) in [6, 6.07) is 9.21. The van der Waals surface area contributed by atoms with Crippen molar-refractivity contribution in [2.45, 2.75) is 33.7 Å². The first kappa shape index (κ1) is 15.5. The summed E-state index contributed by atoms with van der Waals surface area (Å²) < 4.78 is 0. The van der Waals surface area contributed by atoms with Gasteiger partial charge in [-0.05, 0) is 30.5 Å². The fraction of sp³-hybridized carbons (Fsp3) is 0.400. The van der Waals surface area contributed by atoms with Crippen molar-refractivity contribution in [2.24, 2.45) is 16.1 Å². The first-order chi connectivity index (χ1) is 9.31. The molecule has 0 heterocycles. The van der Waals surface area contributed by atoms with Gasteiger partial charge in [-0.3, -0.25) is 0 Å². The van der Waals surface area contributed by atoms with E-state index in [1.54, 1.807) is 29.3 Å². The van der Waals surface area contributed by atoms with Crippen molar-refractivity contribution in [3.63, 3.8) is 0 Å². The highest BCUT2D eigenvalue weighted by Gasteiger charge is 2.29. The van der Waals surface area contributed by atoms with Gasteiger partial charge in [-0.15, -0.1) is 4.99 Å². The summed E-state index contributed by atoms with van der Waals surface area (Å²) in [5.41, 5.74) is 7.14. The lowest BCUT2D eigenvalue weighted by molar-refractivity contribution is 0.339. The molecule has 0 spiro atoms. The fourth-order valence-electron chi connectivity index (χ4n) is 1.77. The van der Waals surface area contributed by atoms with Crippen molar-refractivity contribution in [3.05, 3.63) is 29.8 Å². The number of nitriles is 2. The summed E-state index contributed by atoms with van der Waals surface area (Å²) in [5.74, 6) is 0.130. The number of nitrogens with two attached hydrogens (primary N) is 1. The highest BCUT2D eigenvalue weighted by Crippen LogP contribution is 2.28. The molecule has 20 heavy (non-hydrogen) atoms. The van der Waals surface area contributed by atoms with Gasteiger partial charge in [0.15, 0.2) is 0 Å². The summed E-state index contributed by atoms with van der Waals surface area (Å²) in [4.78, 5) is 5.42. The Bertz CT molecular complexity index is 584. The van der Waals surface area contributed by atoms with Crippen molar-refractivity contribution in [3.8, 4) is 12.3 Å². The van der Waals surface area contributed by atoms with Crippen LogP contribution in [-0.2, 0) is 0 Å². The molecule has 1 aromatic carbocycles. The third kappa shape index (κ3) is 3.49. The average Bonchev–Trinajstić information content (AvgIpc) is 2.38. The highest BCUT2D eigenvalue weighted by atomic mass is 15.3. The van der Waals surface area contributed by atoms with Crippen molar-refractivity contribution < 1.29 is 0 Å². The van der Waals surface area contributed by atoms with Gasteiger partial charge < -0.3 is 10.6 Å². The SMILES string of the molecule is CC(N(C(N)=NC#N)c1cccc(C#N)c1)C(C)(C)C. The van der Waals surface area contributed by atoms with Crippen LogP contribution in [0.15, 0.2) is 29.3 Å². The highest BCUT2D eigenvalue weighted by molar-refractivity contribution is 5.96. The topological polar surface area (TPSA) is 89.2 Å². The van der Waals surface area contributed by atoms with Gasteiger partial charge in [0.1, 0.15) is 0 Å². The molecule has 5 nitrogen and oxygen atoms in total. The molecule has 1 rings (SSSR count). The van der Waals surface area contributed by atoms with E-state index in [0.29, 0.717) is 5.56 Å². The molecule has 0 aliphatic rings. The molecular weight excluding hydrogens is 250 g/mol. The van der Waals surface area contributed by atoms with E-state index < -0.39 is 0 Å². The molecule has 0 radical (unpaired) electrons. The lowest BCUT2D eigenvalue weighted by Gasteiger charge is -2.38. The Balaban J connectivity index is 3.35. The molecule has 1 unspecified atom stereocenters. The van der Waals surface area contributed by atoms with Crippen LogP contribution in [0.5, 0.6) is 0 Å². The number of nitrogens with zero attached hydrogens (tertiary/aromatic N) is 4. The van der Waals surface area contributed by atoms with Crippen molar-refractivity contribution >= 4 is 11.6 Å². The zero-order valence-corrected chi connectivity index (χ0v) is 12.3. The van der Waals surface area contributed by atoms with Crippen LogP contribution in [0, 0.1) is 28.2 Å². The van der Waals surface area contributed by atoms with Crippen molar-refractivity contribution in [1.29, 1.82) is 10.5 Å². The number of aliphatic imine (C=N–C) groups is 1. The van der Waals surface area contributed by atoms with Gasteiger partial charge in [0.25, 0.3) is 0 Å². The molecule has 1 aromatic rings. The zero-order valence-electron chi connectivity index (χ0n) is 12.3. The lowest BCUT2D eigenvalue weighted by Crippen LogP contribution is -2.49. The second-order valence-electron chi connectivity index (χ2n) is 5.64. The first-order valence-corrected chi connectivity index (χ1v) is 6.33. The van der Waals surface area contributed by atoms with Crippen LogP contribution in [0.2, 0.25) is 0 Å². The van der Waals surface area contributed by atoms with E-state index in [-0.39, 0.29) is 17.4 Å². The van der Waals surface area contributed by atoms with E-state index in [1.807, 2.05) is 13.0 Å². The third-order valence-corrected chi connectivity index (χ3v) is 3.31. The Morgan fingerprint density at radius 3 is 2.50 bits per heavy atom. The van der Waals surface area contributed by atoms with Gasteiger partial charge in [0, 0.05) is 11.7 Å². The van der Waals surface area contributed by atoms with Crippen LogP contribution in [0.1, 0.15) is 33.3 Å². The molecule has 0 bridgehead atoms. The largest absolute Gasteiger partial charge is 0.369 e. The minimum Gasteiger partial charge on any atom is -0.369 e. The number of anilines is 1. The van der Waals surface area contributed by atoms with E-state index in [2.05, 4.69) is 31.8 Å². The van der Waals surface area contributed by atoms with Crippen LogP contribution >= 0.6 is 0 Å². The maximum Gasteiger partial charge on any atom is 0.212 e. The molecule has 104 valence electrons. The Morgan fingerprint density at radius 2 is 2.00 bits per heavy atom. The van der Waals surface area contributed by atoms with Gasteiger partial charge in [-0.1, -0.05) is 26.8 Å². The van der Waals surface area contributed by atoms with Crippen molar-refractivity contribution in [1.82, 2.24) is 0 Å². The molecule has 0 amide bonds. The number of hydrogen-bond acceptors (Lipinski definition) is 3. The summed E-state index contributed by atoms with van der Waals surface area (Å²) in [6.45, 7) is 8.26. The molecule has 0 saturated heterocycles. The maximum atomic E-state index is 9.00. The quantitative estimate of drug-likeness (QED) is 0.507. The van der Waals surface area contributed by atoms with E-state index in [9.17, 15) is 0 Å². The number of guanidine groups is 1. The van der Waals surface area contributed by atoms with Crippen LogP contribution in [-0.4, -0.2) is 12.0 Å². The Morgan fingerprint density at radius 1 is 1.35 bits per heavy atom. The molecule has 1 atom stereocenters. The van der Waals surface area contributed by atoms with Crippen LogP contribution in [0.3, 0.4) is 0 Å². The van der Waals surface area contributed by atoms with Gasteiger partial charge in [-0.2, -0.15) is 10.5 Å². The van der Waals surface area contributed by atoms with E-state index in [4.69, 9.17) is 16.3 Å². The minimum absolute atomic E-state index is 0.00791. The Kier molecular flexibility index (Phi) is 4.72. The molecule has 2 N–H and O–H groups in total. The smallest absolute Gasteiger partial charge is 0.212 e. The summed E-state index contributed by atoms with van der Waals surface area (Å²) >= 11 is 0. The molecule has 0 fully saturated rings. The first-order valence-electron chi connectivity index (χ1n) is 6.33. The van der Waals surface area contributed by atoms with Crippen molar-refractivity contribution in [2.75, 3.05) is 4.90 Å². The third-order valence-electron chi connectivity index (χ3n) is 3.31. The van der Waals surface area contributed by atoms with Crippen LogP contribution in [0.4, 0.5) is 5.69 Å². The maximum absolute atomic E-state index is 9.00. The predicted molar refractivity (Wildman–Crippen MR) is 79.8 cm³/mol. The lowest BCUT2D eigenvalue weighted by atomic mass is 9.86. The summed E-state index contributed by atoms with van der Waals surface area (Å²) in [6.07, 6.45) is 1.71. The van der Waals surface area contributed by atoms with Gasteiger partial charge >= 0.3 is 0 Å². The monoisotopic (exact) mass is 269 g/mol. The Hall–Kier alpha value is -2.53. The standard InChI is InChI=1S/C15H19N5/c1-11(15(2,3)4)20(14(18)19-10-17)13-7-5-6-12(8-13)9-16/h5-8,11H,1-4H3,(H2,18,19). The minimum atomic E-state index is -0.0712. The van der Waals surface area contributed by atoms with Gasteiger partial charge in [0.05, 0.1) is 11.6 Å². The van der Waals surface area contributed by atoms with E-state index in [1.165, 1.54) is 0 Å². The zero-order chi connectivity index (χ0) is 15.3. The van der Waals surface area contributed by atoms with Gasteiger partial charge in [-0.25, -0.2) is 0 Å². The Labute approximate surface area is 119 Å². The fourth-order valence-corrected chi connectivity index (χ4v) is 1.77. The molecular formula is C15H19N5. The second-order valence-corrected chi connectivity index (χ2v) is 5.64. The number of hydrogen-bond donors (Lipinski definition) is 1. The average molecular weight is 269 g/mol. The normalized spacial score (nSPS) is 13.2. The molecule has 0 aromatic heterocycles. The molecule has 5 heteroatoms. The predicted octanol–water partition coefficient (Wildman–Crippen LogP) is 2.60. The summed E-state index contributed by atoms with van der Waals surface area (Å²) in [5, 5.41) is 17.7. The molecule has 0 aliphatic carbocycles. The number of benzene rings is 1.